The Hall–Kier alpha value is -1.02. The molecule has 0 N–H and O–H groups in total. The van der Waals surface area contributed by atoms with Crippen molar-refractivity contribution in [2.45, 2.75) is 13.3 Å². The summed E-state index contributed by atoms with van der Waals surface area (Å²) in [4.78, 5) is 9.93. The molecule has 0 bridgehead atoms. The van der Waals surface area contributed by atoms with Crippen LogP contribution in [-0.4, -0.2) is 6.61 Å². The maximum absolute atomic E-state index is 5.05. The number of rotatable bonds is 1. The molecule has 0 aromatic heterocycles. The largest absolute Gasteiger partial charge is 0.337 e. The summed E-state index contributed by atoms with van der Waals surface area (Å²) in [6.07, 6.45) is 2.98. The van der Waals surface area contributed by atoms with Crippen molar-refractivity contribution in [1.29, 1.82) is 0 Å². The summed E-state index contributed by atoms with van der Waals surface area (Å²) >= 11 is 0. The van der Waals surface area contributed by atoms with E-state index < -0.39 is 0 Å². The lowest BCUT2D eigenvalue weighted by Crippen LogP contribution is -2.10. The van der Waals surface area contributed by atoms with E-state index >= 15 is 0 Å². The summed E-state index contributed by atoms with van der Waals surface area (Å²) < 4.78 is 0. The Morgan fingerprint density at radius 3 is 3.17 bits per heavy atom. The van der Waals surface area contributed by atoms with Crippen LogP contribution in [0.1, 0.15) is 18.1 Å². The van der Waals surface area contributed by atoms with Crippen molar-refractivity contribution >= 4 is 0 Å². The lowest BCUT2D eigenvalue weighted by Gasteiger charge is -2.15. The average Bonchev–Trinajstić information content (AvgIpc) is 2.17. The highest BCUT2D eigenvalue weighted by Crippen LogP contribution is 2.24. The zero-order chi connectivity index (χ0) is 8.39. The predicted molar refractivity (Wildman–Crippen MR) is 45.8 cm³/mol. The topological polar surface area (TPSA) is 18.5 Å². The van der Waals surface area contributed by atoms with Gasteiger partial charge in [-0.05, 0) is 18.1 Å². The standard InChI is InChI=1S/C10H11O2/c1-2-8-3-4-9-5-6-11-12-10(9)7-8/h2-4,7H,5-6H2,1H3. The minimum absolute atomic E-state index is 0.655. The Labute approximate surface area is 72.0 Å². The van der Waals surface area contributed by atoms with Crippen molar-refractivity contribution < 1.29 is 9.78 Å². The van der Waals surface area contributed by atoms with Gasteiger partial charge in [-0.15, -0.1) is 0 Å². The van der Waals surface area contributed by atoms with Gasteiger partial charge in [0.15, 0.2) is 5.75 Å². The minimum Gasteiger partial charge on any atom is -0.337 e. The molecule has 1 aromatic rings. The highest BCUT2D eigenvalue weighted by atomic mass is 17.2. The summed E-state index contributed by atoms with van der Waals surface area (Å²) in [6, 6.07) is 6.18. The molecule has 2 heteroatoms. The smallest absolute Gasteiger partial charge is 0.168 e. The van der Waals surface area contributed by atoms with Crippen LogP contribution in [0, 0.1) is 6.42 Å². The van der Waals surface area contributed by atoms with Gasteiger partial charge in [-0.25, -0.2) is 0 Å². The molecule has 0 amide bonds. The van der Waals surface area contributed by atoms with Gasteiger partial charge >= 0.3 is 0 Å². The first-order valence-corrected chi connectivity index (χ1v) is 4.12. The fourth-order valence-corrected chi connectivity index (χ4v) is 1.29. The van der Waals surface area contributed by atoms with Crippen molar-refractivity contribution in [3.05, 3.63) is 35.7 Å². The molecule has 1 aromatic carbocycles. The molecule has 12 heavy (non-hydrogen) atoms. The van der Waals surface area contributed by atoms with Crippen LogP contribution in [0.4, 0.5) is 0 Å². The van der Waals surface area contributed by atoms with Crippen molar-refractivity contribution in [2.24, 2.45) is 0 Å². The molecular weight excluding hydrogens is 152 g/mol. The third-order valence-electron chi connectivity index (χ3n) is 2.03. The Bertz CT molecular complexity index is 281. The highest BCUT2D eigenvalue weighted by molar-refractivity contribution is 5.40. The number of hydrogen-bond donors (Lipinski definition) is 0. The van der Waals surface area contributed by atoms with Crippen molar-refractivity contribution in [1.82, 2.24) is 0 Å². The van der Waals surface area contributed by atoms with Gasteiger partial charge in [0, 0.05) is 12.0 Å². The van der Waals surface area contributed by atoms with E-state index in [0.29, 0.717) is 6.61 Å². The normalized spacial score (nSPS) is 15.1. The van der Waals surface area contributed by atoms with Gasteiger partial charge in [0.25, 0.3) is 0 Å². The van der Waals surface area contributed by atoms with Gasteiger partial charge in [-0.3, -0.25) is 0 Å². The van der Waals surface area contributed by atoms with E-state index in [4.69, 9.17) is 9.78 Å². The van der Waals surface area contributed by atoms with Crippen LogP contribution in [0.15, 0.2) is 18.2 Å². The lowest BCUT2D eigenvalue weighted by molar-refractivity contribution is -0.215. The first kappa shape index (κ1) is 7.62. The molecule has 0 aliphatic carbocycles. The van der Waals surface area contributed by atoms with Crippen LogP contribution in [-0.2, 0) is 11.3 Å². The third-order valence-corrected chi connectivity index (χ3v) is 2.03. The Kier molecular flexibility index (Phi) is 2.00. The summed E-state index contributed by atoms with van der Waals surface area (Å²) in [5.41, 5.74) is 2.39. The summed E-state index contributed by atoms with van der Waals surface area (Å²) in [5, 5.41) is 0. The quantitative estimate of drug-likeness (QED) is 0.590. The molecule has 0 fully saturated rings. The van der Waals surface area contributed by atoms with Gasteiger partial charge < -0.3 is 4.89 Å². The van der Waals surface area contributed by atoms with E-state index in [2.05, 4.69) is 12.1 Å². The van der Waals surface area contributed by atoms with Gasteiger partial charge in [0.2, 0.25) is 0 Å². The van der Waals surface area contributed by atoms with Crippen molar-refractivity contribution in [2.75, 3.05) is 6.61 Å². The first-order valence-electron chi connectivity index (χ1n) is 4.12. The van der Waals surface area contributed by atoms with Gasteiger partial charge in [0.1, 0.15) is 0 Å². The van der Waals surface area contributed by atoms with Gasteiger partial charge in [-0.2, -0.15) is 4.89 Å². The Balaban J connectivity index is 2.36. The molecule has 2 nitrogen and oxygen atoms in total. The van der Waals surface area contributed by atoms with Crippen LogP contribution in [0.3, 0.4) is 0 Å². The maximum Gasteiger partial charge on any atom is 0.168 e. The van der Waals surface area contributed by atoms with E-state index in [9.17, 15) is 0 Å². The second kappa shape index (κ2) is 3.15. The Morgan fingerprint density at radius 2 is 2.33 bits per heavy atom. The monoisotopic (exact) mass is 163 g/mol. The van der Waals surface area contributed by atoms with Crippen LogP contribution in [0.2, 0.25) is 0 Å². The summed E-state index contributed by atoms with van der Waals surface area (Å²) in [7, 11) is 0. The molecule has 1 heterocycles. The number of fused-ring (bicyclic) bond motifs is 1. The van der Waals surface area contributed by atoms with Crippen LogP contribution >= 0.6 is 0 Å². The number of benzene rings is 1. The molecule has 0 saturated carbocycles. The molecule has 1 radical (unpaired) electrons. The van der Waals surface area contributed by atoms with Crippen LogP contribution in [0.5, 0.6) is 5.75 Å². The van der Waals surface area contributed by atoms with E-state index in [1.165, 1.54) is 11.1 Å². The second-order valence-corrected chi connectivity index (χ2v) is 2.81. The molecular formula is C10H11O2. The van der Waals surface area contributed by atoms with E-state index in [1.54, 1.807) is 0 Å². The third kappa shape index (κ3) is 1.30. The first-order chi connectivity index (χ1) is 5.90. The van der Waals surface area contributed by atoms with Gasteiger partial charge in [0.05, 0.1) is 6.61 Å². The maximum atomic E-state index is 5.05. The molecule has 0 saturated heterocycles. The lowest BCUT2D eigenvalue weighted by atomic mass is 10.1. The molecule has 0 atom stereocenters. The van der Waals surface area contributed by atoms with Crippen LogP contribution < -0.4 is 4.89 Å². The zero-order valence-corrected chi connectivity index (χ0v) is 7.04. The molecule has 1 aliphatic heterocycles. The second-order valence-electron chi connectivity index (χ2n) is 2.81. The van der Waals surface area contributed by atoms with Crippen molar-refractivity contribution in [3.8, 4) is 5.75 Å². The fourth-order valence-electron chi connectivity index (χ4n) is 1.29. The molecule has 0 unspecified atom stereocenters. The average molecular weight is 163 g/mol. The van der Waals surface area contributed by atoms with Crippen LogP contribution in [0.25, 0.3) is 0 Å². The molecule has 2 rings (SSSR count). The SMILES string of the molecule is C[CH]c1ccc2c(c1)OOCC2. The molecule has 0 spiro atoms. The van der Waals surface area contributed by atoms with E-state index in [1.807, 2.05) is 19.4 Å². The zero-order valence-electron chi connectivity index (χ0n) is 7.04. The minimum atomic E-state index is 0.655. The predicted octanol–water partition coefficient (Wildman–Crippen LogP) is 2.13. The summed E-state index contributed by atoms with van der Waals surface area (Å²) in [5.74, 6) is 0.858. The molecule has 63 valence electrons. The molecule has 1 aliphatic rings. The fraction of sp³-hybridized carbons (Fsp3) is 0.300. The van der Waals surface area contributed by atoms with E-state index in [0.717, 1.165) is 12.2 Å². The summed E-state index contributed by atoms with van der Waals surface area (Å²) in [6.45, 7) is 2.66. The Morgan fingerprint density at radius 1 is 1.42 bits per heavy atom. The highest BCUT2D eigenvalue weighted by Gasteiger charge is 2.10. The number of hydrogen-bond acceptors (Lipinski definition) is 2. The van der Waals surface area contributed by atoms with Crippen molar-refractivity contribution in [3.63, 3.8) is 0 Å². The van der Waals surface area contributed by atoms with Gasteiger partial charge in [-0.1, -0.05) is 19.1 Å². The van der Waals surface area contributed by atoms with E-state index in [-0.39, 0.29) is 0 Å².